The molecular weight excluding hydrogens is 388 g/mol. The van der Waals surface area contributed by atoms with Gasteiger partial charge in [0.25, 0.3) is 0 Å². The lowest BCUT2D eigenvalue weighted by molar-refractivity contribution is -0.128. The van der Waals surface area contributed by atoms with Crippen LogP contribution in [0.5, 0.6) is 0 Å². The number of hydrogen-bond acceptors (Lipinski definition) is 6. The number of alkyl carbamates (subject to hydrolysis) is 1. The van der Waals surface area contributed by atoms with E-state index in [1.54, 1.807) is 33.2 Å². The first-order valence-corrected chi connectivity index (χ1v) is 10.7. The van der Waals surface area contributed by atoms with Crippen LogP contribution in [0, 0.1) is 0 Å². The molecule has 7 nitrogen and oxygen atoms in total. The van der Waals surface area contributed by atoms with Crippen LogP contribution in [0.4, 0.5) is 4.79 Å². The Morgan fingerprint density at radius 2 is 1.86 bits per heavy atom. The first-order chi connectivity index (χ1) is 13.7. The Balaban J connectivity index is 1.68. The number of nitrogens with zero attached hydrogens (tertiary/aromatic N) is 2. The Morgan fingerprint density at radius 1 is 1.21 bits per heavy atom. The second-order valence-electron chi connectivity index (χ2n) is 8.42. The Morgan fingerprint density at radius 3 is 2.48 bits per heavy atom. The molecule has 1 fully saturated rings. The maximum atomic E-state index is 13.1. The number of pyridine rings is 1. The van der Waals surface area contributed by atoms with Gasteiger partial charge in [-0.1, -0.05) is 12.8 Å². The Labute approximate surface area is 175 Å². The monoisotopic (exact) mass is 416 g/mol. The summed E-state index contributed by atoms with van der Waals surface area (Å²) < 4.78 is 5.37. The minimum Gasteiger partial charge on any atom is -0.444 e. The molecule has 0 spiro atoms. The smallest absolute Gasteiger partial charge is 0.408 e. The van der Waals surface area contributed by atoms with E-state index in [4.69, 9.17) is 4.74 Å². The third-order valence-electron chi connectivity index (χ3n) is 4.85. The van der Waals surface area contributed by atoms with Crippen molar-refractivity contribution < 1.29 is 14.3 Å². The summed E-state index contributed by atoms with van der Waals surface area (Å²) in [7, 11) is 0. The fraction of sp³-hybridized carbons (Fsp3) is 0.524. The molecule has 1 unspecified atom stereocenters. The van der Waals surface area contributed by atoms with Crippen molar-refractivity contribution in [2.24, 2.45) is 0 Å². The van der Waals surface area contributed by atoms with E-state index in [0.29, 0.717) is 12.8 Å². The first-order valence-electron chi connectivity index (χ1n) is 9.86. The van der Waals surface area contributed by atoms with E-state index in [0.717, 1.165) is 29.1 Å². The third-order valence-corrected chi connectivity index (χ3v) is 5.88. The zero-order valence-corrected chi connectivity index (χ0v) is 18.1. The standard InChI is InChI=1S/C21H28N4O3S/c1-14(17-24-16(13-29-17)15-7-11-22-12-8-15)23-18(26)21(9-5-6-10-21)25-19(27)28-20(2,3)4/h7-8,11-14H,5-6,9-10H2,1-4H3,(H,23,26)(H,25,27). The van der Waals surface area contributed by atoms with Gasteiger partial charge in [0.15, 0.2) is 0 Å². The molecule has 0 radical (unpaired) electrons. The van der Waals surface area contributed by atoms with Crippen molar-refractivity contribution in [2.75, 3.05) is 0 Å². The molecule has 0 bridgehead atoms. The van der Waals surface area contributed by atoms with Gasteiger partial charge in [0.1, 0.15) is 16.1 Å². The topological polar surface area (TPSA) is 93.2 Å². The summed E-state index contributed by atoms with van der Waals surface area (Å²) in [6, 6.07) is 3.54. The van der Waals surface area contributed by atoms with Crippen LogP contribution < -0.4 is 10.6 Å². The third kappa shape index (κ3) is 5.32. The average Bonchev–Trinajstić information content (AvgIpc) is 3.31. The number of aromatic nitrogens is 2. The highest BCUT2D eigenvalue weighted by molar-refractivity contribution is 7.10. The van der Waals surface area contributed by atoms with E-state index in [1.807, 2.05) is 24.4 Å². The van der Waals surface area contributed by atoms with E-state index >= 15 is 0 Å². The Bertz CT molecular complexity index is 854. The molecule has 0 aromatic carbocycles. The van der Waals surface area contributed by atoms with E-state index in [1.165, 1.54) is 11.3 Å². The van der Waals surface area contributed by atoms with Gasteiger partial charge in [0.05, 0.1) is 11.7 Å². The summed E-state index contributed by atoms with van der Waals surface area (Å²) in [5.74, 6) is -0.186. The van der Waals surface area contributed by atoms with E-state index in [-0.39, 0.29) is 11.9 Å². The van der Waals surface area contributed by atoms with Gasteiger partial charge in [-0.3, -0.25) is 9.78 Å². The maximum absolute atomic E-state index is 13.1. The molecule has 2 aromatic heterocycles. The molecule has 2 heterocycles. The lowest BCUT2D eigenvalue weighted by Crippen LogP contribution is -2.58. The van der Waals surface area contributed by atoms with Gasteiger partial charge < -0.3 is 15.4 Å². The number of nitrogens with one attached hydrogen (secondary N) is 2. The number of rotatable bonds is 5. The van der Waals surface area contributed by atoms with Crippen LogP contribution in [0.25, 0.3) is 11.3 Å². The van der Waals surface area contributed by atoms with Gasteiger partial charge >= 0.3 is 6.09 Å². The normalized spacial score (nSPS) is 16.8. The number of hydrogen-bond donors (Lipinski definition) is 2. The predicted octanol–water partition coefficient (Wildman–Crippen LogP) is 4.22. The van der Waals surface area contributed by atoms with Crippen molar-refractivity contribution in [1.82, 2.24) is 20.6 Å². The largest absolute Gasteiger partial charge is 0.444 e. The highest BCUT2D eigenvalue weighted by Crippen LogP contribution is 2.32. The van der Waals surface area contributed by atoms with Crippen LogP contribution in [0.2, 0.25) is 0 Å². The molecule has 1 aliphatic carbocycles. The first kappa shape index (κ1) is 21.2. The van der Waals surface area contributed by atoms with Crippen LogP contribution >= 0.6 is 11.3 Å². The number of carbonyl (C=O) groups excluding carboxylic acids is 2. The zero-order chi connectivity index (χ0) is 21.1. The molecular formula is C21H28N4O3S. The number of ether oxygens (including phenoxy) is 1. The van der Waals surface area contributed by atoms with Crippen molar-refractivity contribution in [2.45, 2.75) is 70.6 Å². The molecule has 1 saturated carbocycles. The fourth-order valence-electron chi connectivity index (χ4n) is 3.42. The molecule has 29 heavy (non-hydrogen) atoms. The number of amides is 2. The van der Waals surface area contributed by atoms with E-state index in [2.05, 4.69) is 20.6 Å². The Hall–Kier alpha value is -2.48. The van der Waals surface area contributed by atoms with Gasteiger partial charge in [-0.25, -0.2) is 9.78 Å². The maximum Gasteiger partial charge on any atom is 0.408 e. The van der Waals surface area contributed by atoms with Gasteiger partial charge in [-0.2, -0.15) is 0 Å². The summed E-state index contributed by atoms with van der Waals surface area (Å²) in [5.41, 5.74) is 0.301. The summed E-state index contributed by atoms with van der Waals surface area (Å²) in [4.78, 5) is 34.1. The molecule has 3 rings (SSSR count). The van der Waals surface area contributed by atoms with E-state index in [9.17, 15) is 9.59 Å². The highest BCUT2D eigenvalue weighted by Gasteiger charge is 2.44. The fourth-order valence-corrected chi connectivity index (χ4v) is 4.26. The zero-order valence-electron chi connectivity index (χ0n) is 17.3. The quantitative estimate of drug-likeness (QED) is 0.761. The van der Waals surface area contributed by atoms with E-state index < -0.39 is 17.2 Å². The summed E-state index contributed by atoms with van der Waals surface area (Å²) in [5, 5.41) is 8.66. The molecule has 2 N–H and O–H groups in total. The SMILES string of the molecule is CC(NC(=O)C1(NC(=O)OC(C)(C)C)CCCC1)c1nc(-c2ccncc2)cs1. The second kappa shape index (κ2) is 8.49. The molecule has 1 aliphatic rings. The highest BCUT2D eigenvalue weighted by atomic mass is 32.1. The van der Waals surface area contributed by atoms with Crippen LogP contribution in [-0.4, -0.2) is 33.1 Å². The van der Waals surface area contributed by atoms with Gasteiger partial charge in [0, 0.05) is 23.3 Å². The number of thiazole rings is 1. The summed E-state index contributed by atoms with van der Waals surface area (Å²) >= 11 is 1.50. The van der Waals surface area contributed by atoms with Crippen LogP contribution in [0.3, 0.4) is 0 Å². The molecule has 1 atom stereocenters. The minimum absolute atomic E-state index is 0.186. The van der Waals surface area contributed by atoms with Gasteiger partial charge in [0.2, 0.25) is 5.91 Å². The predicted molar refractivity (Wildman–Crippen MR) is 112 cm³/mol. The molecule has 2 amide bonds. The van der Waals surface area contributed by atoms with Gasteiger partial charge in [-0.15, -0.1) is 11.3 Å². The minimum atomic E-state index is -0.929. The second-order valence-corrected chi connectivity index (χ2v) is 9.31. The van der Waals surface area contributed by atoms with Gasteiger partial charge in [-0.05, 0) is 52.7 Å². The van der Waals surface area contributed by atoms with Crippen molar-refractivity contribution in [1.29, 1.82) is 0 Å². The molecule has 2 aromatic rings. The molecule has 8 heteroatoms. The molecule has 0 aliphatic heterocycles. The lowest BCUT2D eigenvalue weighted by atomic mass is 9.96. The molecule has 156 valence electrons. The average molecular weight is 417 g/mol. The van der Waals surface area contributed by atoms with Crippen LogP contribution in [0.15, 0.2) is 29.9 Å². The van der Waals surface area contributed by atoms with Crippen molar-refractivity contribution in [3.63, 3.8) is 0 Å². The van der Waals surface area contributed by atoms with Crippen molar-refractivity contribution >= 4 is 23.3 Å². The summed E-state index contributed by atoms with van der Waals surface area (Å²) in [6.07, 6.45) is 5.88. The number of carbonyl (C=O) groups is 2. The van der Waals surface area contributed by atoms with Crippen molar-refractivity contribution in [3.8, 4) is 11.3 Å². The molecule has 0 saturated heterocycles. The lowest BCUT2D eigenvalue weighted by Gasteiger charge is -2.31. The van der Waals surface area contributed by atoms with Crippen LogP contribution in [0.1, 0.15) is 64.4 Å². The van der Waals surface area contributed by atoms with Crippen molar-refractivity contribution in [3.05, 3.63) is 34.9 Å². The van der Waals surface area contributed by atoms with Crippen LogP contribution in [-0.2, 0) is 9.53 Å². The Kier molecular flexibility index (Phi) is 6.21. The summed E-state index contributed by atoms with van der Waals surface area (Å²) in [6.45, 7) is 7.32.